The molecule has 0 spiro atoms. The zero-order chi connectivity index (χ0) is 14.4. The van der Waals surface area contributed by atoms with Crippen LogP contribution >= 0.6 is 0 Å². The molecule has 2 rings (SSSR count). The van der Waals surface area contributed by atoms with Crippen LogP contribution in [-0.4, -0.2) is 55.6 Å². The second kappa shape index (κ2) is 7.39. The van der Waals surface area contributed by atoms with E-state index >= 15 is 0 Å². The maximum absolute atomic E-state index is 8.77. The minimum Gasteiger partial charge on any atom is -0.311 e. The molecule has 1 fully saturated rings. The second-order valence-corrected chi connectivity index (χ2v) is 5.63. The monoisotopic (exact) mass is 272 g/mol. The van der Waals surface area contributed by atoms with E-state index in [1.54, 1.807) is 0 Å². The molecule has 0 bridgehead atoms. The smallest absolute Gasteiger partial charge is 0.0991 e. The predicted octanol–water partition coefficient (Wildman–Crippen LogP) is 1.28. The van der Waals surface area contributed by atoms with Gasteiger partial charge in [-0.25, -0.2) is 0 Å². The molecule has 108 valence electrons. The second-order valence-electron chi connectivity index (χ2n) is 5.63. The summed E-state index contributed by atoms with van der Waals surface area (Å²) in [6.07, 6.45) is 0. The number of nitrogens with zero attached hydrogens (tertiary/aromatic N) is 3. The van der Waals surface area contributed by atoms with Gasteiger partial charge in [0.05, 0.1) is 11.6 Å². The summed E-state index contributed by atoms with van der Waals surface area (Å²) in [6.45, 7) is 8.82. The van der Waals surface area contributed by atoms with Crippen LogP contribution in [0.15, 0.2) is 24.3 Å². The highest BCUT2D eigenvalue weighted by Crippen LogP contribution is 2.05. The number of rotatable bonds is 5. The molecule has 1 aliphatic heterocycles. The number of piperazine rings is 1. The molecule has 1 aliphatic rings. The molecule has 20 heavy (non-hydrogen) atoms. The minimum absolute atomic E-state index is 0.571. The van der Waals surface area contributed by atoms with Crippen molar-refractivity contribution < 1.29 is 0 Å². The molecule has 0 radical (unpaired) electrons. The number of nitrogens with one attached hydrogen (secondary N) is 1. The van der Waals surface area contributed by atoms with Gasteiger partial charge in [-0.1, -0.05) is 12.1 Å². The molecular formula is C16H24N4. The fourth-order valence-electron chi connectivity index (χ4n) is 2.51. The number of hydrogen-bond donors (Lipinski definition) is 1. The first-order valence-electron chi connectivity index (χ1n) is 7.31. The number of hydrogen-bond acceptors (Lipinski definition) is 4. The van der Waals surface area contributed by atoms with Crippen LogP contribution in [0, 0.1) is 11.3 Å². The van der Waals surface area contributed by atoms with Gasteiger partial charge >= 0.3 is 0 Å². The van der Waals surface area contributed by atoms with Crippen LogP contribution in [0.1, 0.15) is 18.1 Å². The van der Waals surface area contributed by atoms with Crippen LogP contribution in [0.3, 0.4) is 0 Å². The molecule has 1 N–H and O–H groups in total. The van der Waals surface area contributed by atoms with Gasteiger partial charge in [0.15, 0.2) is 0 Å². The number of benzene rings is 1. The fraction of sp³-hybridized carbons (Fsp3) is 0.562. The minimum atomic E-state index is 0.571. The standard InChI is InChI=1S/C16H24N4/c1-14(20-9-7-19(2)8-10-20)12-18-13-16-5-3-15(11-17)4-6-16/h3-6,14,18H,7-10,12-13H2,1-2H3. The molecule has 1 aromatic carbocycles. The average molecular weight is 272 g/mol. The van der Waals surface area contributed by atoms with Crippen molar-refractivity contribution >= 4 is 0 Å². The van der Waals surface area contributed by atoms with Gasteiger partial charge in [0.1, 0.15) is 0 Å². The van der Waals surface area contributed by atoms with E-state index in [-0.39, 0.29) is 0 Å². The van der Waals surface area contributed by atoms with E-state index in [2.05, 4.69) is 35.2 Å². The van der Waals surface area contributed by atoms with Gasteiger partial charge in [0.25, 0.3) is 0 Å². The SMILES string of the molecule is CC(CNCc1ccc(C#N)cc1)N1CCN(C)CC1. The Hall–Kier alpha value is -1.41. The van der Waals surface area contributed by atoms with E-state index < -0.39 is 0 Å². The van der Waals surface area contributed by atoms with E-state index in [4.69, 9.17) is 5.26 Å². The van der Waals surface area contributed by atoms with Gasteiger partial charge in [-0.2, -0.15) is 5.26 Å². The van der Waals surface area contributed by atoms with Crippen molar-refractivity contribution in [1.82, 2.24) is 15.1 Å². The lowest BCUT2D eigenvalue weighted by atomic mass is 10.1. The first-order chi connectivity index (χ1) is 9.69. The number of likely N-dealkylation sites (N-methyl/N-ethyl adjacent to an activating group) is 1. The predicted molar refractivity (Wildman–Crippen MR) is 81.4 cm³/mol. The van der Waals surface area contributed by atoms with E-state index in [0.29, 0.717) is 6.04 Å². The normalized spacial score (nSPS) is 18.6. The third-order valence-corrected chi connectivity index (χ3v) is 4.01. The van der Waals surface area contributed by atoms with Crippen molar-refractivity contribution in [3.05, 3.63) is 35.4 Å². The van der Waals surface area contributed by atoms with E-state index in [0.717, 1.165) is 31.7 Å². The van der Waals surface area contributed by atoms with Crippen LogP contribution < -0.4 is 5.32 Å². The lowest BCUT2D eigenvalue weighted by molar-refractivity contribution is 0.118. The van der Waals surface area contributed by atoms with Gasteiger partial charge < -0.3 is 10.2 Å². The Balaban J connectivity index is 1.70. The van der Waals surface area contributed by atoms with E-state index in [1.165, 1.54) is 18.7 Å². The van der Waals surface area contributed by atoms with E-state index in [9.17, 15) is 0 Å². The summed E-state index contributed by atoms with van der Waals surface area (Å²) in [6, 6.07) is 10.5. The third kappa shape index (κ3) is 4.31. The van der Waals surface area contributed by atoms with Crippen molar-refractivity contribution in [2.45, 2.75) is 19.5 Å². The van der Waals surface area contributed by atoms with E-state index in [1.807, 2.05) is 24.3 Å². The highest BCUT2D eigenvalue weighted by atomic mass is 15.3. The molecule has 1 heterocycles. The third-order valence-electron chi connectivity index (χ3n) is 4.01. The van der Waals surface area contributed by atoms with Crippen molar-refractivity contribution in [3.8, 4) is 6.07 Å². The molecule has 1 saturated heterocycles. The van der Waals surface area contributed by atoms with Gasteiger partial charge in [-0.3, -0.25) is 4.90 Å². The Morgan fingerprint density at radius 1 is 1.20 bits per heavy atom. The topological polar surface area (TPSA) is 42.3 Å². The summed E-state index contributed by atoms with van der Waals surface area (Å²) in [4.78, 5) is 4.93. The summed E-state index contributed by atoms with van der Waals surface area (Å²) in [5.74, 6) is 0. The summed E-state index contributed by atoms with van der Waals surface area (Å²) in [5.41, 5.74) is 1.95. The van der Waals surface area contributed by atoms with Crippen LogP contribution in [-0.2, 0) is 6.54 Å². The molecule has 0 amide bonds. The molecule has 0 saturated carbocycles. The number of nitriles is 1. The van der Waals surface area contributed by atoms with Crippen molar-refractivity contribution in [2.75, 3.05) is 39.8 Å². The molecular weight excluding hydrogens is 248 g/mol. The van der Waals surface area contributed by atoms with Crippen LogP contribution in [0.4, 0.5) is 0 Å². The van der Waals surface area contributed by atoms with Crippen molar-refractivity contribution in [3.63, 3.8) is 0 Å². The molecule has 0 aliphatic carbocycles. The Morgan fingerprint density at radius 3 is 2.45 bits per heavy atom. The zero-order valence-corrected chi connectivity index (χ0v) is 12.5. The highest BCUT2D eigenvalue weighted by molar-refractivity contribution is 5.31. The molecule has 0 aromatic heterocycles. The lowest BCUT2D eigenvalue weighted by Crippen LogP contribution is -2.50. The quantitative estimate of drug-likeness (QED) is 0.877. The highest BCUT2D eigenvalue weighted by Gasteiger charge is 2.18. The zero-order valence-electron chi connectivity index (χ0n) is 12.5. The van der Waals surface area contributed by atoms with Gasteiger partial charge in [0, 0.05) is 45.3 Å². The summed E-state index contributed by atoms with van der Waals surface area (Å²) in [7, 11) is 2.19. The fourth-order valence-corrected chi connectivity index (χ4v) is 2.51. The first kappa shape index (κ1) is 15.0. The van der Waals surface area contributed by atoms with Gasteiger partial charge in [-0.15, -0.1) is 0 Å². The largest absolute Gasteiger partial charge is 0.311 e. The van der Waals surface area contributed by atoms with Gasteiger partial charge in [-0.05, 0) is 31.7 Å². The van der Waals surface area contributed by atoms with Crippen molar-refractivity contribution in [2.24, 2.45) is 0 Å². The Kier molecular flexibility index (Phi) is 5.54. The lowest BCUT2D eigenvalue weighted by Gasteiger charge is -2.36. The van der Waals surface area contributed by atoms with Gasteiger partial charge in [0.2, 0.25) is 0 Å². The van der Waals surface area contributed by atoms with Crippen LogP contribution in [0.5, 0.6) is 0 Å². The van der Waals surface area contributed by atoms with Crippen LogP contribution in [0.2, 0.25) is 0 Å². The molecule has 1 unspecified atom stereocenters. The first-order valence-corrected chi connectivity index (χ1v) is 7.31. The molecule has 4 heteroatoms. The molecule has 1 aromatic rings. The molecule has 4 nitrogen and oxygen atoms in total. The maximum atomic E-state index is 8.77. The Bertz CT molecular complexity index is 441. The summed E-state index contributed by atoms with van der Waals surface area (Å²) < 4.78 is 0. The van der Waals surface area contributed by atoms with Crippen molar-refractivity contribution in [1.29, 1.82) is 5.26 Å². The summed E-state index contributed by atoms with van der Waals surface area (Å²) >= 11 is 0. The molecule has 1 atom stereocenters. The maximum Gasteiger partial charge on any atom is 0.0991 e. The Morgan fingerprint density at radius 2 is 1.85 bits per heavy atom. The summed E-state index contributed by atoms with van der Waals surface area (Å²) in [5, 5.41) is 12.3. The Labute approximate surface area is 122 Å². The van der Waals surface area contributed by atoms with Crippen LogP contribution in [0.25, 0.3) is 0 Å². The average Bonchev–Trinajstić information content (AvgIpc) is 2.48.